The predicted molar refractivity (Wildman–Crippen MR) is 150 cm³/mol. The average Bonchev–Trinajstić information content (AvgIpc) is 2.80. The Labute approximate surface area is 213 Å². The van der Waals surface area contributed by atoms with Crippen LogP contribution in [0.4, 0.5) is 0 Å². The van der Waals surface area contributed by atoms with E-state index in [1.54, 1.807) is 0 Å². The van der Waals surface area contributed by atoms with Gasteiger partial charge in [-0.3, -0.25) is 0 Å². The molecule has 0 aliphatic heterocycles. The SMILES string of the molecule is CCCCCCCCCCCCCCCCS(=O)(=O)S(=O)(=O)CCCCCCCCCCCC. The summed E-state index contributed by atoms with van der Waals surface area (Å²) in [4.78, 5) is 0. The van der Waals surface area contributed by atoms with Gasteiger partial charge in [0.1, 0.15) is 0 Å². The van der Waals surface area contributed by atoms with E-state index in [1.807, 2.05) is 0 Å². The third kappa shape index (κ3) is 20.1. The fraction of sp³-hybridized carbons (Fsp3) is 1.00. The molecule has 0 bridgehead atoms. The summed E-state index contributed by atoms with van der Waals surface area (Å²) >= 11 is 0. The Kier molecular flexibility index (Phi) is 23.2. The molecule has 0 spiro atoms. The molecule has 0 fully saturated rings. The summed E-state index contributed by atoms with van der Waals surface area (Å²) in [6.07, 6.45) is 27.7. The van der Waals surface area contributed by atoms with Crippen LogP contribution in [0, 0.1) is 0 Å². The van der Waals surface area contributed by atoms with Crippen LogP contribution in [-0.4, -0.2) is 28.3 Å². The van der Waals surface area contributed by atoms with Crippen molar-refractivity contribution in [1.82, 2.24) is 0 Å². The minimum atomic E-state index is -4.01. The van der Waals surface area contributed by atoms with Gasteiger partial charge in [-0.1, -0.05) is 155 Å². The van der Waals surface area contributed by atoms with Crippen molar-refractivity contribution >= 4 is 17.7 Å². The van der Waals surface area contributed by atoms with Crippen molar-refractivity contribution in [1.29, 1.82) is 0 Å². The Morgan fingerprint density at radius 1 is 0.294 bits per heavy atom. The van der Waals surface area contributed by atoms with Crippen LogP contribution >= 0.6 is 0 Å². The van der Waals surface area contributed by atoms with Crippen molar-refractivity contribution in [2.45, 2.75) is 168 Å². The number of rotatable bonds is 27. The maximum Gasteiger partial charge on any atom is 0.253 e. The van der Waals surface area contributed by atoms with Gasteiger partial charge in [0.05, 0.1) is 11.5 Å². The van der Waals surface area contributed by atoms with Gasteiger partial charge in [0.2, 0.25) is 0 Å². The molecule has 0 saturated heterocycles. The van der Waals surface area contributed by atoms with Gasteiger partial charge in [-0.15, -0.1) is 0 Å². The molecule has 0 amide bonds. The molecule has 4 nitrogen and oxygen atoms in total. The molecule has 0 aromatic rings. The van der Waals surface area contributed by atoms with Gasteiger partial charge in [0, 0.05) is 0 Å². The van der Waals surface area contributed by atoms with Gasteiger partial charge in [-0.2, -0.15) is 0 Å². The second-order valence-electron chi connectivity index (χ2n) is 10.3. The van der Waals surface area contributed by atoms with E-state index in [-0.39, 0.29) is 11.5 Å². The van der Waals surface area contributed by atoms with Gasteiger partial charge in [-0.05, 0) is 12.8 Å². The molecule has 0 radical (unpaired) electrons. The van der Waals surface area contributed by atoms with Crippen LogP contribution in [-0.2, 0) is 17.7 Å². The first kappa shape index (κ1) is 33.9. The zero-order valence-corrected chi connectivity index (χ0v) is 24.5. The maximum absolute atomic E-state index is 12.3. The molecule has 0 N–H and O–H groups in total. The lowest BCUT2D eigenvalue weighted by atomic mass is 10.0. The number of unbranched alkanes of at least 4 members (excludes halogenated alkanes) is 22. The smallest absolute Gasteiger partial charge is 0.213 e. The lowest BCUT2D eigenvalue weighted by Crippen LogP contribution is -2.22. The second kappa shape index (κ2) is 23.3. The summed E-state index contributed by atoms with van der Waals surface area (Å²) in [7, 11) is -8.03. The van der Waals surface area contributed by atoms with Gasteiger partial charge in [0.25, 0.3) is 17.7 Å². The molecular formula is C28H58O4S2. The van der Waals surface area contributed by atoms with Crippen molar-refractivity contribution in [3.05, 3.63) is 0 Å². The summed E-state index contributed by atoms with van der Waals surface area (Å²) in [5.74, 6) is -0.407. The summed E-state index contributed by atoms with van der Waals surface area (Å²) in [6, 6.07) is 0. The minimum absolute atomic E-state index is 0.203. The Balaban J connectivity index is 3.64. The van der Waals surface area contributed by atoms with Crippen molar-refractivity contribution in [2.24, 2.45) is 0 Å². The summed E-state index contributed by atoms with van der Waals surface area (Å²) in [5, 5.41) is 0. The Morgan fingerprint density at radius 2 is 0.471 bits per heavy atom. The maximum atomic E-state index is 12.3. The van der Waals surface area contributed by atoms with E-state index in [4.69, 9.17) is 0 Å². The van der Waals surface area contributed by atoms with E-state index in [9.17, 15) is 16.8 Å². The largest absolute Gasteiger partial charge is 0.253 e. The van der Waals surface area contributed by atoms with E-state index in [0.29, 0.717) is 12.8 Å². The highest BCUT2D eigenvalue weighted by molar-refractivity contribution is 8.67. The van der Waals surface area contributed by atoms with E-state index >= 15 is 0 Å². The van der Waals surface area contributed by atoms with Gasteiger partial charge < -0.3 is 0 Å². The third-order valence-corrected chi connectivity index (χ3v) is 12.6. The first-order valence-electron chi connectivity index (χ1n) is 14.8. The molecule has 6 heteroatoms. The van der Waals surface area contributed by atoms with E-state index in [1.165, 1.54) is 103 Å². The quantitative estimate of drug-likeness (QED) is 0.0796. The van der Waals surface area contributed by atoms with Crippen molar-refractivity contribution in [2.75, 3.05) is 11.5 Å². The molecule has 0 aromatic carbocycles. The molecule has 0 aliphatic carbocycles. The summed E-state index contributed by atoms with van der Waals surface area (Å²) in [6.45, 7) is 4.47. The van der Waals surface area contributed by atoms with Crippen LogP contribution < -0.4 is 0 Å². The molecule has 0 aromatic heterocycles. The highest BCUT2D eigenvalue weighted by Gasteiger charge is 2.28. The molecule has 0 saturated carbocycles. The fourth-order valence-electron chi connectivity index (χ4n) is 4.49. The normalized spacial score (nSPS) is 12.4. The molecular weight excluding hydrogens is 464 g/mol. The molecule has 0 unspecified atom stereocenters. The first-order chi connectivity index (χ1) is 16.4. The Bertz CT molecular complexity index is 627. The van der Waals surface area contributed by atoms with Crippen LogP contribution in [0.3, 0.4) is 0 Å². The van der Waals surface area contributed by atoms with Crippen molar-refractivity contribution in [3.8, 4) is 0 Å². The molecule has 0 heterocycles. The number of hydrogen-bond acceptors (Lipinski definition) is 4. The van der Waals surface area contributed by atoms with Crippen molar-refractivity contribution in [3.63, 3.8) is 0 Å². The van der Waals surface area contributed by atoms with Crippen LogP contribution in [0.15, 0.2) is 0 Å². The molecule has 206 valence electrons. The Morgan fingerprint density at radius 3 is 0.676 bits per heavy atom. The molecule has 0 aliphatic rings. The second-order valence-corrected chi connectivity index (χ2v) is 16.4. The molecule has 0 rings (SSSR count). The predicted octanol–water partition coefficient (Wildman–Crippen LogP) is 9.13. The van der Waals surface area contributed by atoms with Gasteiger partial charge in [-0.25, -0.2) is 16.8 Å². The third-order valence-electron chi connectivity index (χ3n) is 6.88. The zero-order valence-electron chi connectivity index (χ0n) is 22.8. The molecule has 0 atom stereocenters. The van der Waals surface area contributed by atoms with Crippen LogP contribution in [0.5, 0.6) is 0 Å². The van der Waals surface area contributed by atoms with Crippen LogP contribution in [0.1, 0.15) is 168 Å². The lowest BCUT2D eigenvalue weighted by molar-refractivity contribution is 0.537. The first-order valence-corrected chi connectivity index (χ1v) is 18.6. The van der Waals surface area contributed by atoms with Crippen LogP contribution in [0.25, 0.3) is 0 Å². The summed E-state index contributed by atoms with van der Waals surface area (Å²) < 4.78 is 49.1. The van der Waals surface area contributed by atoms with Crippen molar-refractivity contribution < 1.29 is 16.8 Å². The monoisotopic (exact) mass is 522 g/mol. The highest BCUT2D eigenvalue weighted by Crippen LogP contribution is 2.16. The minimum Gasteiger partial charge on any atom is -0.213 e. The fourth-order valence-corrected chi connectivity index (χ4v) is 8.35. The average molecular weight is 523 g/mol. The van der Waals surface area contributed by atoms with E-state index in [0.717, 1.165) is 38.5 Å². The van der Waals surface area contributed by atoms with Gasteiger partial charge >= 0.3 is 0 Å². The van der Waals surface area contributed by atoms with E-state index in [2.05, 4.69) is 13.8 Å². The summed E-state index contributed by atoms with van der Waals surface area (Å²) in [5.41, 5.74) is 0. The van der Waals surface area contributed by atoms with E-state index < -0.39 is 17.7 Å². The Hall–Kier alpha value is -0.100. The number of hydrogen-bond donors (Lipinski definition) is 0. The highest BCUT2D eigenvalue weighted by atomic mass is 33.2. The standard InChI is InChI=1S/C28H58O4S2/c1-3-5-7-9-11-13-15-16-17-18-20-22-24-26-28-34(31,32)33(29,30)27-25-23-21-19-14-12-10-8-6-4-2/h3-28H2,1-2H3. The molecule has 34 heavy (non-hydrogen) atoms. The lowest BCUT2D eigenvalue weighted by Gasteiger charge is -2.07. The topological polar surface area (TPSA) is 68.3 Å². The zero-order chi connectivity index (χ0) is 25.4. The van der Waals surface area contributed by atoms with Crippen LogP contribution in [0.2, 0.25) is 0 Å². The van der Waals surface area contributed by atoms with Gasteiger partial charge in [0.15, 0.2) is 0 Å².